The Labute approximate surface area is 183 Å². The van der Waals surface area contributed by atoms with Gasteiger partial charge in [-0.3, -0.25) is 14.4 Å². The van der Waals surface area contributed by atoms with Crippen LogP contribution in [0.1, 0.15) is 53.2 Å². The van der Waals surface area contributed by atoms with E-state index < -0.39 is 6.04 Å². The average molecular weight is 426 g/mol. The zero-order valence-corrected chi connectivity index (χ0v) is 18.4. The smallest absolute Gasteiger partial charge is 0.289 e. The maximum Gasteiger partial charge on any atom is 0.289 e. The molecule has 166 valence electrons. The minimum absolute atomic E-state index is 0.0548. The summed E-state index contributed by atoms with van der Waals surface area (Å²) < 4.78 is 5.22. The maximum absolute atomic E-state index is 13.0. The second-order valence-electron chi connectivity index (χ2n) is 8.51. The standard InChI is InChI=1S/C24H31N3O4/c1-16(2)15-25-23(29)21(26-22(28)19-8-5-4-7-17(19)3)18-10-12-27(13-11-18)24(30)20-9-6-14-31-20/h4-9,14,16,18,21H,10-13,15H2,1-3H3,(H,25,29)(H,26,28). The molecule has 1 aromatic carbocycles. The van der Waals surface area contributed by atoms with Gasteiger partial charge < -0.3 is 20.0 Å². The van der Waals surface area contributed by atoms with Crippen LogP contribution in [0.5, 0.6) is 0 Å². The van der Waals surface area contributed by atoms with Crippen molar-refractivity contribution in [2.75, 3.05) is 19.6 Å². The van der Waals surface area contributed by atoms with Crippen LogP contribution >= 0.6 is 0 Å². The van der Waals surface area contributed by atoms with Crippen LogP contribution in [0.3, 0.4) is 0 Å². The predicted molar refractivity (Wildman–Crippen MR) is 118 cm³/mol. The van der Waals surface area contributed by atoms with E-state index >= 15 is 0 Å². The molecule has 2 N–H and O–H groups in total. The van der Waals surface area contributed by atoms with Crippen molar-refractivity contribution in [2.24, 2.45) is 11.8 Å². The van der Waals surface area contributed by atoms with Crippen molar-refractivity contribution in [3.05, 3.63) is 59.5 Å². The number of carbonyl (C=O) groups is 3. The molecular weight excluding hydrogens is 394 g/mol. The third-order valence-corrected chi connectivity index (χ3v) is 5.67. The van der Waals surface area contributed by atoms with Gasteiger partial charge in [-0.2, -0.15) is 0 Å². The normalized spacial score (nSPS) is 15.5. The summed E-state index contributed by atoms with van der Waals surface area (Å²) in [5.74, 6) is -0.000660. The number of aryl methyl sites for hydroxylation is 1. The largest absolute Gasteiger partial charge is 0.459 e. The number of hydrogen-bond donors (Lipinski definition) is 2. The molecule has 1 fully saturated rings. The third-order valence-electron chi connectivity index (χ3n) is 5.67. The molecule has 0 bridgehead atoms. The number of furan rings is 1. The van der Waals surface area contributed by atoms with Crippen LogP contribution in [0.4, 0.5) is 0 Å². The summed E-state index contributed by atoms with van der Waals surface area (Å²) in [5.41, 5.74) is 1.43. The van der Waals surface area contributed by atoms with Crippen molar-refractivity contribution < 1.29 is 18.8 Å². The molecule has 1 atom stereocenters. The lowest BCUT2D eigenvalue weighted by atomic mass is 9.88. The maximum atomic E-state index is 13.0. The van der Waals surface area contributed by atoms with Gasteiger partial charge in [-0.25, -0.2) is 0 Å². The van der Waals surface area contributed by atoms with Crippen LogP contribution < -0.4 is 10.6 Å². The summed E-state index contributed by atoms with van der Waals surface area (Å²) in [6.45, 7) is 7.50. The number of hydrogen-bond acceptors (Lipinski definition) is 4. The van der Waals surface area contributed by atoms with Crippen LogP contribution in [0, 0.1) is 18.8 Å². The van der Waals surface area contributed by atoms with E-state index in [9.17, 15) is 14.4 Å². The van der Waals surface area contributed by atoms with E-state index in [2.05, 4.69) is 10.6 Å². The molecule has 1 saturated heterocycles. The lowest BCUT2D eigenvalue weighted by molar-refractivity contribution is -0.124. The highest BCUT2D eigenvalue weighted by Gasteiger charge is 2.34. The topological polar surface area (TPSA) is 91.7 Å². The Morgan fingerprint density at radius 2 is 1.81 bits per heavy atom. The molecule has 0 radical (unpaired) electrons. The Morgan fingerprint density at radius 3 is 2.42 bits per heavy atom. The van der Waals surface area contributed by atoms with Gasteiger partial charge >= 0.3 is 0 Å². The van der Waals surface area contributed by atoms with Crippen LogP contribution in [0.15, 0.2) is 47.1 Å². The number of rotatable bonds is 7. The molecule has 0 spiro atoms. The van der Waals surface area contributed by atoms with Crippen LogP contribution in [0.2, 0.25) is 0 Å². The summed E-state index contributed by atoms with van der Waals surface area (Å²) in [6.07, 6.45) is 2.73. The molecule has 0 saturated carbocycles. The number of likely N-dealkylation sites (tertiary alicyclic amines) is 1. The quantitative estimate of drug-likeness (QED) is 0.713. The third kappa shape index (κ3) is 5.75. The first kappa shape index (κ1) is 22.6. The molecule has 2 aromatic rings. The summed E-state index contributed by atoms with van der Waals surface area (Å²) in [6, 6.07) is 10.0. The summed E-state index contributed by atoms with van der Waals surface area (Å²) in [4.78, 5) is 40.2. The summed E-state index contributed by atoms with van der Waals surface area (Å²) in [7, 11) is 0. The van der Waals surface area contributed by atoms with Gasteiger partial charge in [-0.05, 0) is 55.4 Å². The summed E-state index contributed by atoms with van der Waals surface area (Å²) in [5, 5.41) is 5.92. The van der Waals surface area contributed by atoms with Gasteiger partial charge in [0.25, 0.3) is 11.8 Å². The molecule has 1 unspecified atom stereocenters. The van der Waals surface area contributed by atoms with Crippen molar-refractivity contribution in [3.63, 3.8) is 0 Å². The second-order valence-corrected chi connectivity index (χ2v) is 8.51. The van der Waals surface area contributed by atoms with Crippen molar-refractivity contribution >= 4 is 17.7 Å². The first-order valence-electron chi connectivity index (χ1n) is 10.8. The van der Waals surface area contributed by atoms with E-state index in [0.29, 0.717) is 49.7 Å². The number of piperidine rings is 1. The predicted octanol–water partition coefficient (Wildman–Crippen LogP) is 3.01. The molecule has 1 aromatic heterocycles. The Balaban J connectivity index is 1.69. The molecule has 1 aliphatic rings. The van der Waals surface area contributed by atoms with Gasteiger partial charge in [-0.15, -0.1) is 0 Å². The van der Waals surface area contributed by atoms with Crippen molar-refractivity contribution in [1.29, 1.82) is 0 Å². The average Bonchev–Trinajstić information content (AvgIpc) is 3.30. The second kappa shape index (κ2) is 10.3. The number of carbonyl (C=O) groups excluding carboxylic acids is 3. The molecule has 0 aliphatic carbocycles. The van der Waals surface area contributed by atoms with E-state index in [-0.39, 0.29) is 23.6 Å². The minimum atomic E-state index is -0.647. The number of amides is 3. The van der Waals surface area contributed by atoms with Gasteiger partial charge in [0.2, 0.25) is 5.91 Å². The molecule has 31 heavy (non-hydrogen) atoms. The Morgan fingerprint density at radius 1 is 1.10 bits per heavy atom. The highest BCUT2D eigenvalue weighted by Crippen LogP contribution is 2.23. The Bertz CT molecular complexity index is 899. The number of nitrogens with one attached hydrogen (secondary N) is 2. The minimum Gasteiger partial charge on any atom is -0.459 e. The highest BCUT2D eigenvalue weighted by atomic mass is 16.3. The van der Waals surface area contributed by atoms with E-state index in [1.807, 2.05) is 39.0 Å². The van der Waals surface area contributed by atoms with Crippen molar-refractivity contribution in [2.45, 2.75) is 39.7 Å². The molecule has 1 aliphatic heterocycles. The van der Waals surface area contributed by atoms with Gasteiger partial charge in [0, 0.05) is 25.2 Å². The van der Waals surface area contributed by atoms with Crippen LogP contribution in [-0.2, 0) is 4.79 Å². The van der Waals surface area contributed by atoms with Crippen molar-refractivity contribution in [3.8, 4) is 0 Å². The van der Waals surface area contributed by atoms with Gasteiger partial charge in [0.05, 0.1) is 6.26 Å². The first-order valence-corrected chi connectivity index (χ1v) is 10.8. The zero-order chi connectivity index (χ0) is 22.4. The van der Waals surface area contributed by atoms with E-state index in [1.54, 1.807) is 23.1 Å². The monoisotopic (exact) mass is 425 g/mol. The van der Waals surface area contributed by atoms with Gasteiger partial charge in [-0.1, -0.05) is 32.0 Å². The Hall–Kier alpha value is -3.09. The molecule has 7 nitrogen and oxygen atoms in total. The highest BCUT2D eigenvalue weighted by molar-refractivity contribution is 5.98. The summed E-state index contributed by atoms with van der Waals surface area (Å²) >= 11 is 0. The van der Waals surface area contributed by atoms with Gasteiger partial charge in [0.15, 0.2) is 5.76 Å². The van der Waals surface area contributed by atoms with Crippen molar-refractivity contribution in [1.82, 2.24) is 15.5 Å². The molecule has 2 heterocycles. The van der Waals surface area contributed by atoms with Crippen LogP contribution in [-0.4, -0.2) is 48.3 Å². The van der Waals surface area contributed by atoms with E-state index in [0.717, 1.165) is 5.56 Å². The fourth-order valence-electron chi connectivity index (χ4n) is 3.85. The zero-order valence-electron chi connectivity index (χ0n) is 18.4. The molecule has 3 amide bonds. The lowest BCUT2D eigenvalue weighted by Gasteiger charge is -2.35. The first-order chi connectivity index (χ1) is 14.9. The fourth-order valence-corrected chi connectivity index (χ4v) is 3.85. The molecule has 3 rings (SSSR count). The molecular formula is C24H31N3O4. The lowest BCUT2D eigenvalue weighted by Crippen LogP contribution is -2.54. The molecule has 7 heteroatoms. The van der Waals surface area contributed by atoms with Crippen LogP contribution in [0.25, 0.3) is 0 Å². The van der Waals surface area contributed by atoms with Gasteiger partial charge in [0.1, 0.15) is 6.04 Å². The number of benzene rings is 1. The fraction of sp³-hybridized carbons (Fsp3) is 0.458. The van der Waals surface area contributed by atoms with E-state index in [1.165, 1.54) is 6.26 Å². The van der Waals surface area contributed by atoms with E-state index in [4.69, 9.17) is 4.42 Å². The Kier molecular flexibility index (Phi) is 7.50. The number of nitrogens with zero attached hydrogens (tertiary/aromatic N) is 1. The SMILES string of the molecule is Cc1ccccc1C(=O)NC(C(=O)NCC(C)C)C1CCN(C(=O)c2ccco2)CC1.